The number of rotatable bonds is 5. The monoisotopic (exact) mass is 223 g/mol. The molecule has 0 heterocycles. The van der Waals surface area contributed by atoms with E-state index in [1.807, 2.05) is 43.3 Å². The molecule has 0 atom stereocenters. The highest BCUT2D eigenvalue weighted by Gasteiger charge is 2.02. The van der Waals surface area contributed by atoms with E-state index in [1.165, 1.54) is 7.11 Å². The van der Waals surface area contributed by atoms with Crippen molar-refractivity contribution in [3.05, 3.63) is 24.3 Å². The van der Waals surface area contributed by atoms with Gasteiger partial charge in [-0.05, 0) is 12.1 Å². The molecule has 0 unspecified atom stereocenters. The number of ether oxygens (including phenoxy) is 2. The van der Waals surface area contributed by atoms with E-state index < -0.39 is 0 Å². The number of carbonyl (C=O) groups excluding carboxylic acids is 1. The second-order valence-electron chi connectivity index (χ2n) is 3.57. The van der Waals surface area contributed by atoms with Gasteiger partial charge in [-0.1, -0.05) is 6.07 Å². The predicted molar refractivity (Wildman–Crippen MR) is 62.9 cm³/mol. The van der Waals surface area contributed by atoms with Crippen molar-refractivity contribution < 1.29 is 14.3 Å². The second-order valence-corrected chi connectivity index (χ2v) is 3.57. The molecule has 0 bridgehead atoms. The Labute approximate surface area is 95.8 Å². The molecule has 4 nitrogen and oxygen atoms in total. The van der Waals surface area contributed by atoms with Crippen molar-refractivity contribution in [2.75, 3.05) is 32.7 Å². The van der Waals surface area contributed by atoms with Crippen LogP contribution in [-0.2, 0) is 9.53 Å². The Morgan fingerprint density at radius 1 is 1.38 bits per heavy atom. The van der Waals surface area contributed by atoms with Gasteiger partial charge in [-0.2, -0.15) is 0 Å². The van der Waals surface area contributed by atoms with E-state index in [9.17, 15) is 4.79 Å². The van der Waals surface area contributed by atoms with Gasteiger partial charge < -0.3 is 14.4 Å². The Hall–Kier alpha value is -1.71. The van der Waals surface area contributed by atoms with Crippen LogP contribution in [0.25, 0.3) is 0 Å². The average Bonchev–Trinajstić information content (AvgIpc) is 2.29. The third kappa shape index (κ3) is 3.81. The third-order valence-electron chi connectivity index (χ3n) is 2.14. The maximum atomic E-state index is 10.9. The summed E-state index contributed by atoms with van der Waals surface area (Å²) >= 11 is 0. The van der Waals surface area contributed by atoms with Crippen LogP contribution < -0.4 is 9.64 Å². The number of methoxy groups -OCH3 is 1. The van der Waals surface area contributed by atoms with E-state index in [2.05, 4.69) is 4.74 Å². The number of carbonyl (C=O) groups is 1. The Kier molecular flexibility index (Phi) is 4.64. The van der Waals surface area contributed by atoms with Crippen molar-refractivity contribution in [2.24, 2.45) is 0 Å². The zero-order valence-electron chi connectivity index (χ0n) is 9.90. The summed E-state index contributed by atoms with van der Waals surface area (Å²) in [6.45, 7) is 0.337. The molecule has 0 aromatic heterocycles. The van der Waals surface area contributed by atoms with Crippen LogP contribution in [0, 0.1) is 0 Å². The minimum atomic E-state index is -0.260. The summed E-state index contributed by atoms with van der Waals surface area (Å²) in [5.74, 6) is 0.499. The van der Waals surface area contributed by atoms with Gasteiger partial charge in [0.05, 0.1) is 20.1 Å². The molecule has 0 aliphatic heterocycles. The molecule has 0 spiro atoms. The molecule has 4 heteroatoms. The van der Waals surface area contributed by atoms with E-state index in [1.54, 1.807) is 0 Å². The maximum Gasteiger partial charge on any atom is 0.308 e. The van der Waals surface area contributed by atoms with Crippen LogP contribution in [0.1, 0.15) is 6.42 Å². The molecule has 0 radical (unpaired) electrons. The highest BCUT2D eigenvalue weighted by atomic mass is 16.5. The SMILES string of the molecule is COC(=O)CCOc1cccc(N(C)C)c1. The lowest BCUT2D eigenvalue weighted by molar-refractivity contribution is -0.141. The topological polar surface area (TPSA) is 38.8 Å². The molecular weight excluding hydrogens is 206 g/mol. The van der Waals surface area contributed by atoms with Crippen LogP contribution in [0.4, 0.5) is 5.69 Å². The maximum absolute atomic E-state index is 10.9. The third-order valence-corrected chi connectivity index (χ3v) is 2.14. The molecule has 0 aliphatic carbocycles. The lowest BCUT2D eigenvalue weighted by atomic mass is 10.3. The number of anilines is 1. The zero-order valence-corrected chi connectivity index (χ0v) is 9.90. The quantitative estimate of drug-likeness (QED) is 0.712. The molecule has 0 N–H and O–H groups in total. The minimum Gasteiger partial charge on any atom is -0.493 e. The van der Waals surface area contributed by atoms with Crippen molar-refractivity contribution >= 4 is 11.7 Å². The van der Waals surface area contributed by atoms with Crippen molar-refractivity contribution in [2.45, 2.75) is 6.42 Å². The number of hydrogen-bond acceptors (Lipinski definition) is 4. The number of nitrogens with zero attached hydrogens (tertiary/aromatic N) is 1. The van der Waals surface area contributed by atoms with Gasteiger partial charge in [0.2, 0.25) is 0 Å². The Bertz CT molecular complexity index is 350. The van der Waals surface area contributed by atoms with Gasteiger partial charge in [-0.25, -0.2) is 0 Å². The van der Waals surface area contributed by atoms with Crippen molar-refractivity contribution in [1.29, 1.82) is 0 Å². The number of esters is 1. The lowest BCUT2D eigenvalue weighted by Crippen LogP contribution is -2.10. The molecule has 88 valence electrons. The first kappa shape index (κ1) is 12.4. The fourth-order valence-corrected chi connectivity index (χ4v) is 1.21. The molecule has 0 amide bonds. The summed E-state index contributed by atoms with van der Waals surface area (Å²) in [6, 6.07) is 7.71. The van der Waals surface area contributed by atoms with E-state index in [0.29, 0.717) is 6.61 Å². The summed E-state index contributed by atoms with van der Waals surface area (Å²) in [4.78, 5) is 12.9. The van der Waals surface area contributed by atoms with Crippen molar-refractivity contribution in [3.8, 4) is 5.75 Å². The fourth-order valence-electron chi connectivity index (χ4n) is 1.21. The van der Waals surface area contributed by atoms with Crippen LogP contribution in [0.5, 0.6) is 5.75 Å². The normalized spacial score (nSPS) is 9.69. The molecule has 0 aliphatic rings. The van der Waals surface area contributed by atoms with E-state index in [4.69, 9.17) is 4.74 Å². The smallest absolute Gasteiger partial charge is 0.308 e. The van der Waals surface area contributed by atoms with Gasteiger partial charge >= 0.3 is 5.97 Å². The van der Waals surface area contributed by atoms with Crippen LogP contribution in [-0.4, -0.2) is 33.8 Å². The molecule has 16 heavy (non-hydrogen) atoms. The first-order valence-electron chi connectivity index (χ1n) is 5.10. The van der Waals surface area contributed by atoms with Gasteiger partial charge in [0.1, 0.15) is 5.75 Å². The highest BCUT2D eigenvalue weighted by Crippen LogP contribution is 2.19. The van der Waals surface area contributed by atoms with E-state index in [-0.39, 0.29) is 12.4 Å². The Balaban J connectivity index is 2.48. The first-order chi connectivity index (χ1) is 7.63. The summed E-state index contributed by atoms with van der Waals surface area (Å²) in [5.41, 5.74) is 1.07. The zero-order chi connectivity index (χ0) is 12.0. The van der Waals surface area contributed by atoms with Crippen molar-refractivity contribution in [1.82, 2.24) is 0 Å². The summed E-state index contributed by atoms with van der Waals surface area (Å²) < 4.78 is 9.96. The molecule has 0 saturated carbocycles. The molecule has 0 saturated heterocycles. The van der Waals surface area contributed by atoms with Gasteiger partial charge in [0.25, 0.3) is 0 Å². The summed E-state index contributed by atoms with van der Waals surface area (Å²) in [6.07, 6.45) is 0.267. The number of benzene rings is 1. The minimum absolute atomic E-state index is 0.260. The van der Waals surface area contributed by atoms with Gasteiger partial charge in [-0.15, -0.1) is 0 Å². The van der Waals surface area contributed by atoms with Crippen LogP contribution in [0.2, 0.25) is 0 Å². The highest BCUT2D eigenvalue weighted by molar-refractivity contribution is 5.69. The molecule has 0 fully saturated rings. The first-order valence-corrected chi connectivity index (χ1v) is 5.10. The summed E-state index contributed by atoms with van der Waals surface area (Å²) in [7, 11) is 5.30. The average molecular weight is 223 g/mol. The molecule has 1 aromatic rings. The summed E-state index contributed by atoms with van der Waals surface area (Å²) in [5, 5.41) is 0. The number of hydrogen-bond donors (Lipinski definition) is 0. The molecule has 1 aromatic carbocycles. The fraction of sp³-hybridized carbons (Fsp3) is 0.417. The molecule has 1 rings (SSSR count). The second kappa shape index (κ2) is 6.00. The Morgan fingerprint density at radius 2 is 2.12 bits per heavy atom. The van der Waals surface area contributed by atoms with E-state index in [0.717, 1.165) is 11.4 Å². The Morgan fingerprint density at radius 3 is 2.75 bits per heavy atom. The predicted octanol–water partition coefficient (Wildman–Crippen LogP) is 1.69. The van der Waals surface area contributed by atoms with Gasteiger partial charge in [0, 0.05) is 25.8 Å². The van der Waals surface area contributed by atoms with Gasteiger partial charge in [-0.3, -0.25) is 4.79 Å². The van der Waals surface area contributed by atoms with Crippen molar-refractivity contribution in [3.63, 3.8) is 0 Å². The largest absolute Gasteiger partial charge is 0.493 e. The van der Waals surface area contributed by atoms with Crippen LogP contribution in [0.3, 0.4) is 0 Å². The van der Waals surface area contributed by atoms with Crippen LogP contribution in [0.15, 0.2) is 24.3 Å². The molecular formula is C12H17NO3. The van der Waals surface area contributed by atoms with Crippen LogP contribution >= 0.6 is 0 Å². The van der Waals surface area contributed by atoms with Gasteiger partial charge in [0.15, 0.2) is 0 Å². The standard InChI is InChI=1S/C12H17NO3/c1-13(2)10-5-4-6-11(9-10)16-8-7-12(14)15-3/h4-6,9H,7-8H2,1-3H3. The lowest BCUT2D eigenvalue weighted by Gasteiger charge is -2.13. The van der Waals surface area contributed by atoms with E-state index >= 15 is 0 Å².